The average Bonchev–Trinajstić information content (AvgIpc) is 3.16. The van der Waals surface area contributed by atoms with E-state index in [0.29, 0.717) is 17.1 Å². The fraction of sp³-hybridized carbons (Fsp3) is 0.333. The van der Waals surface area contributed by atoms with Crippen molar-refractivity contribution in [2.45, 2.75) is 48.1 Å². The summed E-state index contributed by atoms with van der Waals surface area (Å²) in [5.74, 6) is -12.5. The Labute approximate surface area is 188 Å². The summed E-state index contributed by atoms with van der Waals surface area (Å²) in [5.41, 5.74) is -4.69. The molecule has 0 saturated heterocycles. The Kier molecular flexibility index (Phi) is 5.15. The lowest BCUT2D eigenvalue weighted by Gasteiger charge is -2.18. The van der Waals surface area contributed by atoms with Crippen molar-refractivity contribution >= 4 is 32.5 Å². The van der Waals surface area contributed by atoms with Crippen molar-refractivity contribution in [1.29, 1.82) is 0 Å². The van der Waals surface area contributed by atoms with Crippen molar-refractivity contribution in [3.05, 3.63) is 64.8 Å². The van der Waals surface area contributed by atoms with Crippen LogP contribution in [0.4, 0.5) is 30.7 Å². The van der Waals surface area contributed by atoms with Gasteiger partial charge in [-0.3, -0.25) is 0 Å². The molecule has 1 aliphatic rings. The van der Waals surface area contributed by atoms with Crippen LogP contribution in [0, 0.1) is 0 Å². The summed E-state index contributed by atoms with van der Waals surface area (Å²) in [5, 5.41) is -0.538. The van der Waals surface area contributed by atoms with Crippen LogP contribution in [0.3, 0.4) is 0 Å². The third kappa shape index (κ3) is 3.69. The second-order valence-electron chi connectivity index (χ2n) is 8.12. The van der Waals surface area contributed by atoms with E-state index in [-0.39, 0.29) is 15.9 Å². The highest BCUT2D eigenvalue weighted by Crippen LogP contribution is 2.59. The van der Waals surface area contributed by atoms with Crippen molar-refractivity contribution in [2.75, 3.05) is 0 Å². The molecule has 1 aromatic heterocycles. The van der Waals surface area contributed by atoms with E-state index in [9.17, 15) is 34.8 Å². The van der Waals surface area contributed by atoms with Gasteiger partial charge in [0.05, 0.1) is 28.3 Å². The van der Waals surface area contributed by atoms with Crippen LogP contribution in [0.2, 0.25) is 5.02 Å². The molecule has 0 bridgehead atoms. The monoisotopic (exact) mass is 513 g/mol. The third-order valence-electron chi connectivity index (χ3n) is 5.69. The molecular weight excluding hydrogens is 499 g/mol. The number of benzene rings is 2. The topological polar surface area (TPSA) is 39.1 Å². The van der Waals surface area contributed by atoms with Gasteiger partial charge < -0.3 is 0 Å². The summed E-state index contributed by atoms with van der Waals surface area (Å²) < 4.78 is 125. The number of hydrogen-bond donors (Lipinski definition) is 0. The normalized spacial score (nSPS) is 19.8. The van der Waals surface area contributed by atoms with E-state index in [1.807, 2.05) is 0 Å². The zero-order valence-electron chi connectivity index (χ0n) is 16.7. The number of alkyl halides is 7. The van der Waals surface area contributed by atoms with Gasteiger partial charge in [0.15, 0.2) is 0 Å². The van der Waals surface area contributed by atoms with E-state index in [1.54, 1.807) is 0 Å². The van der Waals surface area contributed by atoms with E-state index >= 15 is 4.39 Å². The van der Waals surface area contributed by atoms with E-state index in [2.05, 4.69) is 0 Å². The molecule has 1 saturated carbocycles. The maximum Gasteiger partial charge on any atom is 0.313 e. The maximum absolute atomic E-state index is 15.6. The molecule has 1 fully saturated rings. The van der Waals surface area contributed by atoms with E-state index < -0.39 is 62.3 Å². The molecule has 3 aromatic rings. The quantitative estimate of drug-likeness (QED) is 0.357. The van der Waals surface area contributed by atoms with Crippen LogP contribution in [0.15, 0.2) is 53.6 Å². The lowest BCUT2D eigenvalue weighted by Crippen LogP contribution is -2.33. The number of aromatic nitrogens is 1. The highest BCUT2D eigenvalue weighted by Gasteiger charge is 2.70. The molecule has 178 valence electrons. The molecule has 4 rings (SSSR count). The lowest BCUT2D eigenvalue weighted by atomic mass is 9.93. The molecule has 0 amide bonds. The summed E-state index contributed by atoms with van der Waals surface area (Å²) in [7, 11) is -4.57. The summed E-state index contributed by atoms with van der Waals surface area (Å²) >= 11 is 6.09. The highest BCUT2D eigenvalue weighted by atomic mass is 35.5. The Morgan fingerprint density at radius 3 is 2.00 bits per heavy atom. The second-order valence-corrected chi connectivity index (χ2v) is 10.3. The second kappa shape index (κ2) is 7.11. The predicted octanol–water partition coefficient (Wildman–Crippen LogP) is 6.87. The fourth-order valence-corrected chi connectivity index (χ4v) is 5.64. The minimum absolute atomic E-state index is 0.229. The van der Waals surface area contributed by atoms with Gasteiger partial charge in [-0.1, -0.05) is 29.8 Å². The molecule has 3 nitrogen and oxygen atoms in total. The van der Waals surface area contributed by atoms with Crippen molar-refractivity contribution < 1.29 is 39.2 Å². The highest BCUT2D eigenvalue weighted by molar-refractivity contribution is 7.90. The Balaban J connectivity index is 1.92. The number of rotatable bonds is 4. The molecule has 0 unspecified atom stereocenters. The minimum atomic E-state index is -4.66. The molecule has 0 N–H and O–H groups in total. The van der Waals surface area contributed by atoms with Gasteiger partial charge in [0.25, 0.3) is 15.9 Å². The smallest absolute Gasteiger partial charge is 0.241 e. The van der Waals surface area contributed by atoms with Gasteiger partial charge in [-0.2, -0.15) is 17.6 Å². The Hall–Kier alpha value is -2.27. The molecule has 33 heavy (non-hydrogen) atoms. The first-order chi connectivity index (χ1) is 15.0. The van der Waals surface area contributed by atoms with E-state index in [0.717, 1.165) is 24.3 Å². The molecule has 1 heterocycles. The first kappa shape index (κ1) is 23.9. The molecule has 1 aliphatic carbocycles. The molecular formula is C21H15ClF7NO2S. The first-order valence-electron chi connectivity index (χ1n) is 9.48. The predicted molar refractivity (Wildman–Crippen MR) is 107 cm³/mol. The largest absolute Gasteiger partial charge is 0.313 e. The van der Waals surface area contributed by atoms with Gasteiger partial charge >= 0.3 is 11.8 Å². The average molecular weight is 514 g/mol. The Morgan fingerprint density at radius 2 is 1.48 bits per heavy atom. The SMILES string of the molecule is CC(F)(F)c1ccc(S(=O)(=O)n2cc(C3(F)CC(F)(F)C(F)(F)C3)c3c(Cl)cccc32)cc1. The van der Waals surface area contributed by atoms with Crippen LogP contribution in [0.1, 0.15) is 30.9 Å². The van der Waals surface area contributed by atoms with Crippen LogP contribution < -0.4 is 0 Å². The third-order valence-corrected chi connectivity index (χ3v) is 7.69. The van der Waals surface area contributed by atoms with E-state index in [1.165, 1.54) is 18.2 Å². The van der Waals surface area contributed by atoms with E-state index in [4.69, 9.17) is 11.6 Å². The molecule has 0 spiro atoms. The minimum Gasteiger partial charge on any atom is -0.241 e. The summed E-state index contributed by atoms with van der Waals surface area (Å²) in [6.07, 6.45) is -3.08. The number of nitrogens with zero attached hydrogens (tertiary/aromatic N) is 1. The zero-order chi connectivity index (χ0) is 24.6. The summed E-state index contributed by atoms with van der Waals surface area (Å²) in [6.45, 7) is 0.623. The molecule has 0 aliphatic heterocycles. The number of fused-ring (bicyclic) bond motifs is 1. The van der Waals surface area contributed by atoms with Crippen molar-refractivity contribution in [2.24, 2.45) is 0 Å². The lowest BCUT2D eigenvalue weighted by molar-refractivity contribution is -0.185. The standard InChI is InChI=1S/C21H15ClF7NO2S/c1-18(23,24)12-5-7-13(8-6-12)33(31,32)30-9-14(17-15(22)3-2-4-16(17)30)19(25)10-20(26,27)21(28,29)11-19/h2-9H,10-11H2,1H3. The van der Waals surface area contributed by atoms with Gasteiger partial charge in [-0.15, -0.1) is 0 Å². The van der Waals surface area contributed by atoms with Gasteiger partial charge in [-0.05, 0) is 24.3 Å². The zero-order valence-corrected chi connectivity index (χ0v) is 18.3. The van der Waals surface area contributed by atoms with Gasteiger partial charge in [-0.25, -0.2) is 25.6 Å². The van der Waals surface area contributed by atoms with Crippen molar-refractivity contribution in [3.63, 3.8) is 0 Å². The van der Waals surface area contributed by atoms with Gasteiger partial charge in [0.2, 0.25) is 0 Å². The van der Waals surface area contributed by atoms with Crippen LogP contribution >= 0.6 is 11.6 Å². The first-order valence-corrected chi connectivity index (χ1v) is 11.3. The summed E-state index contributed by atoms with van der Waals surface area (Å²) in [4.78, 5) is -0.464. The van der Waals surface area contributed by atoms with Crippen LogP contribution in [0.25, 0.3) is 10.9 Å². The van der Waals surface area contributed by atoms with Gasteiger partial charge in [0.1, 0.15) is 5.67 Å². The van der Waals surface area contributed by atoms with Crippen LogP contribution in [-0.2, 0) is 21.6 Å². The molecule has 0 radical (unpaired) electrons. The molecule has 12 heteroatoms. The van der Waals surface area contributed by atoms with Crippen molar-refractivity contribution in [3.8, 4) is 0 Å². The number of halogens is 8. The summed E-state index contributed by atoms with van der Waals surface area (Å²) in [6, 6.07) is 7.33. The Morgan fingerprint density at radius 1 is 0.939 bits per heavy atom. The maximum atomic E-state index is 15.6. The van der Waals surface area contributed by atoms with Crippen LogP contribution in [-0.4, -0.2) is 24.2 Å². The van der Waals surface area contributed by atoms with Gasteiger partial charge in [0, 0.05) is 29.6 Å². The molecule has 0 atom stereocenters. The number of hydrogen-bond acceptors (Lipinski definition) is 2. The molecule has 2 aromatic carbocycles. The fourth-order valence-electron chi connectivity index (χ4n) is 4.00. The van der Waals surface area contributed by atoms with Crippen molar-refractivity contribution in [1.82, 2.24) is 3.97 Å². The van der Waals surface area contributed by atoms with Crippen LogP contribution in [0.5, 0.6) is 0 Å². The Bertz CT molecular complexity index is 1330.